The number of carbonyl (C=O) groups excluding carboxylic acids is 1. The second-order valence-electron chi connectivity index (χ2n) is 3.06. The minimum absolute atomic E-state index is 0.166. The summed E-state index contributed by atoms with van der Waals surface area (Å²) in [6, 6.07) is 5.23. The molecular weight excluding hydrogens is 270 g/mol. The van der Waals surface area contributed by atoms with E-state index in [1.807, 2.05) is 0 Å². The van der Waals surface area contributed by atoms with Crippen molar-refractivity contribution in [3.05, 3.63) is 28.2 Å². The van der Waals surface area contributed by atoms with Gasteiger partial charge in [-0.15, -0.1) is 12.3 Å². The number of benzene rings is 1. The Balaban J connectivity index is 2.78. The van der Waals surface area contributed by atoms with Crippen LogP contribution in [0.5, 0.6) is 5.75 Å². The Labute approximate surface area is 103 Å². The lowest BCUT2D eigenvalue weighted by atomic mass is 10.2. The maximum absolute atomic E-state index is 11.7. The van der Waals surface area contributed by atoms with E-state index in [0.717, 1.165) is 4.47 Å². The van der Waals surface area contributed by atoms with Crippen LogP contribution in [0.2, 0.25) is 0 Å². The van der Waals surface area contributed by atoms with Crippen molar-refractivity contribution in [2.24, 2.45) is 0 Å². The van der Waals surface area contributed by atoms with Gasteiger partial charge < -0.3 is 10.1 Å². The predicted molar refractivity (Wildman–Crippen MR) is 66.5 cm³/mol. The number of carbonyl (C=O) groups is 1. The Kier molecular flexibility index (Phi) is 4.87. The number of halogens is 1. The standard InChI is InChI=1S/C12H12BrNO2/c1-3-4-7-14-12(15)10-8-9(16-2)5-6-11(10)13/h1,5-6,8H,4,7H2,2H3,(H,14,15). The van der Waals surface area contributed by atoms with E-state index in [4.69, 9.17) is 11.2 Å². The molecule has 84 valence electrons. The van der Waals surface area contributed by atoms with Crippen molar-refractivity contribution in [2.75, 3.05) is 13.7 Å². The van der Waals surface area contributed by atoms with E-state index >= 15 is 0 Å². The van der Waals surface area contributed by atoms with E-state index < -0.39 is 0 Å². The Hall–Kier alpha value is -1.47. The minimum Gasteiger partial charge on any atom is -0.497 e. The molecule has 16 heavy (non-hydrogen) atoms. The molecule has 0 aliphatic rings. The maximum Gasteiger partial charge on any atom is 0.252 e. The van der Waals surface area contributed by atoms with Crippen molar-refractivity contribution < 1.29 is 9.53 Å². The van der Waals surface area contributed by atoms with Crippen LogP contribution >= 0.6 is 15.9 Å². The topological polar surface area (TPSA) is 38.3 Å². The summed E-state index contributed by atoms with van der Waals surface area (Å²) in [4.78, 5) is 11.7. The first kappa shape index (κ1) is 12.6. The van der Waals surface area contributed by atoms with Gasteiger partial charge in [0.1, 0.15) is 5.75 Å². The molecule has 0 fully saturated rings. The van der Waals surface area contributed by atoms with E-state index in [0.29, 0.717) is 24.3 Å². The average Bonchev–Trinajstić information content (AvgIpc) is 2.30. The van der Waals surface area contributed by atoms with Crippen LogP contribution in [-0.2, 0) is 0 Å². The summed E-state index contributed by atoms with van der Waals surface area (Å²) in [5, 5.41) is 2.73. The quantitative estimate of drug-likeness (QED) is 0.679. The Morgan fingerprint density at radius 3 is 3.00 bits per heavy atom. The number of terminal acetylenes is 1. The maximum atomic E-state index is 11.7. The molecule has 0 saturated carbocycles. The number of methoxy groups -OCH3 is 1. The fourth-order valence-corrected chi connectivity index (χ4v) is 1.58. The van der Waals surface area contributed by atoms with Crippen LogP contribution in [-0.4, -0.2) is 19.6 Å². The van der Waals surface area contributed by atoms with Gasteiger partial charge in [-0.05, 0) is 34.1 Å². The molecule has 1 N–H and O–H groups in total. The first-order valence-electron chi connectivity index (χ1n) is 4.74. The molecule has 0 bridgehead atoms. The first-order valence-corrected chi connectivity index (χ1v) is 5.53. The second kappa shape index (κ2) is 6.19. The van der Waals surface area contributed by atoms with Gasteiger partial charge in [0, 0.05) is 17.4 Å². The summed E-state index contributed by atoms with van der Waals surface area (Å²) in [5.74, 6) is 2.94. The molecule has 0 unspecified atom stereocenters. The van der Waals surface area contributed by atoms with Crippen molar-refractivity contribution in [3.63, 3.8) is 0 Å². The molecule has 0 atom stereocenters. The molecule has 0 saturated heterocycles. The molecular formula is C12H12BrNO2. The second-order valence-corrected chi connectivity index (χ2v) is 3.91. The molecule has 0 heterocycles. The smallest absolute Gasteiger partial charge is 0.252 e. The van der Waals surface area contributed by atoms with Gasteiger partial charge in [-0.3, -0.25) is 4.79 Å². The molecule has 4 heteroatoms. The summed E-state index contributed by atoms with van der Waals surface area (Å²) in [6.07, 6.45) is 5.62. The molecule has 0 aromatic heterocycles. The number of ether oxygens (including phenoxy) is 1. The van der Waals surface area contributed by atoms with Gasteiger partial charge >= 0.3 is 0 Å². The molecule has 1 amide bonds. The number of hydrogen-bond donors (Lipinski definition) is 1. The Bertz CT molecular complexity index is 424. The predicted octanol–water partition coefficient (Wildman–Crippen LogP) is 2.21. The van der Waals surface area contributed by atoms with Crippen LogP contribution in [0.1, 0.15) is 16.8 Å². The van der Waals surface area contributed by atoms with Crippen LogP contribution in [0.15, 0.2) is 22.7 Å². The van der Waals surface area contributed by atoms with Gasteiger partial charge in [0.15, 0.2) is 0 Å². The van der Waals surface area contributed by atoms with E-state index in [-0.39, 0.29) is 5.91 Å². The van der Waals surface area contributed by atoms with Crippen LogP contribution in [0.25, 0.3) is 0 Å². The van der Waals surface area contributed by atoms with Crippen LogP contribution < -0.4 is 10.1 Å². The van der Waals surface area contributed by atoms with Gasteiger partial charge in [0.05, 0.1) is 12.7 Å². The van der Waals surface area contributed by atoms with E-state index in [2.05, 4.69) is 27.2 Å². The molecule has 3 nitrogen and oxygen atoms in total. The van der Waals surface area contributed by atoms with Gasteiger partial charge in [-0.2, -0.15) is 0 Å². The molecule has 0 spiro atoms. The normalized spacial score (nSPS) is 9.31. The highest BCUT2D eigenvalue weighted by atomic mass is 79.9. The van der Waals surface area contributed by atoms with Crippen molar-refractivity contribution in [1.82, 2.24) is 5.32 Å². The number of amides is 1. The number of hydrogen-bond acceptors (Lipinski definition) is 2. The van der Waals surface area contributed by atoms with E-state index in [9.17, 15) is 4.79 Å². The van der Waals surface area contributed by atoms with Crippen LogP contribution in [0.4, 0.5) is 0 Å². The van der Waals surface area contributed by atoms with Crippen molar-refractivity contribution in [1.29, 1.82) is 0 Å². The molecule has 1 rings (SSSR count). The van der Waals surface area contributed by atoms with Gasteiger partial charge in [0.25, 0.3) is 5.91 Å². The third-order valence-electron chi connectivity index (χ3n) is 1.97. The lowest BCUT2D eigenvalue weighted by molar-refractivity contribution is 0.0953. The van der Waals surface area contributed by atoms with Crippen LogP contribution in [0, 0.1) is 12.3 Å². The fourth-order valence-electron chi connectivity index (χ4n) is 1.15. The van der Waals surface area contributed by atoms with Gasteiger partial charge in [0.2, 0.25) is 0 Å². The highest BCUT2D eigenvalue weighted by Gasteiger charge is 2.10. The SMILES string of the molecule is C#CCCNC(=O)c1cc(OC)ccc1Br. The molecule has 1 aromatic rings. The summed E-state index contributed by atoms with van der Waals surface area (Å²) < 4.78 is 5.78. The lowest BCUT2D eigenvalue weighted by Crippen LogP contribution is -2.24. The zero-order valence-electron chi connectivity index (χ0n) is 8.92. The Morgan fingerprint density at radius 2 is 2.38 bits per heavy atom. The first-order chi connectivity index (χ1) is 7.69. The zero-order valence-corrected chi connectivity index (χ0v) is 10.5. The minimum atomic E-state index is -0.166. The highest BCUT2D eigenvalue weighted by Crippen LogP contribution is 2.22. The number of nitrogens with one attached hydrogen (secondary N) is 1. The molecule has 0 aliphatic heterocycles. The van der Waals surface area contributed by atoms with E-state index in [1.165, 1.54) is 0 Å². The summed E-state index contributed by atoms with van der Waals surface area (Å²) in [6.45, 7) is 0.471. The number of rotatable bonds is 4. The summed E-state index contributed by atoms with van der Waals surface area (Å²) >= 11 is 3.31. The highest BCUT2D eigenvalue weighted by molar-refractivity contribution is 9.10. The third-order valence-corrected chi connectivity index (χ3v) is 2.66. The Morgan fingerprint density at radius 1 is 1.62 bits per heavy atom. The fraction of sp³-hybridized carbons (Fsp3) is 0.250. The average molecular weight is 282 g/mol. The van der Waals surface area contributed by atoms with Gasteiger partial charge in [-0.25, -0.2) is 0 Å². The molecule has 1 aromatic carbocycles. The monoisotopic (exact) mass is 281 g/mol. The lowest BCUT2D eigenvalue weighted by Gasteiger charge is -2.07. The molecule has 0 aliphatic carbocycles. The van der Waals surface area contributed by atoms with Crippen molar-refractivity contribution >= 4 is 21.8 Å². The summed E-state index contributed by atoms with van der Waals surface area (Å²) in [5.41, 5.74) is 0.538. The van der Waals surface area contributed by atoms with E-state index in [1.54, 1.807) is 25.3 Å². The molecule has 0 radical (unpaired) electrons. The summed E-state index contributed by atoms with van der Waals surface area (Å²) in [7, 11) is 1.56. The zero-order chi connectivity index (χ0) is 12.0. The van der Waals surface area contributed by atoms with Crippen molar-refractivity contribution in [3.8, 4) is 18.1 Å². The van der Waals surface area contributed by atoms with Crippen molar-refractivity contribution in [2.45, 2.75) is 6.42 Å². The largest absolute Gasteiger partial charge is 0.497 e. The van der Waals surface area contributed by atoms with Crippen LogP contribution in [0.3, 0.4) is 0 Å². The van der Waals surface area contributed by atoms with Gasteiger partial charge in [-0.1, -0.05) is 0 Å². The third kappa shape index (κ3) is 3.28.